The van der Waals surface area contributed by atoms with E-state index >= 15 is 0 Å². The average Bonchev–Trinajstić information content (AvgIpc) is 3.12. The van der Waals surface area contributed by atoms with Crippen molar-refractivity contribution < 1.29 is 4.79 Å². The van der Waals surface area contributed by atoms with Crippen LogP contribution in [0.1, 0.15) is 28.2 Å². The number of benzene rings is 1. The number of nitrogens with zero attached hydrogens (tertiary/aromatic N) is 1. The zero-order chi connectivity index (χ0) is 15.1. The van der Waals surface area contributed by atoms with Crippen molar-refractivity contribution in [3.63, 3.8) is 0 Å². The summed E-state index contributed by atoms with van der Waals surface area (Å²) >= 11 is 5.97. The summed E-state index contributed by atoms with van der Waals surface area (Å²) in [5.74, 6) is -0.0794. The third kappa shape index (κ3) is 2.37. The van der Waals surface area contributed by atoms with E-state index in [1.807, 2.05) is 30.5 Å². The fourth-order valence-corrected chi connectivity index (χ4v) is 3.20. The first kappa shape index (κ1) is 13.4. The molecule has 4 rings (SSSR count). The first-order valence-electron chi connectivity index (χ1n) is 7.29. The molecule has 0 saturated heterocycles. The minimum Gasteiger partial charge on any atom is -0.350 e. The van der Waals surface area contributed by atoms with Crippen molar-refractivity contribution in [1.82, 2.24) is 20.5 Å². The Labute approximate surface area is 132 Å². The predicted octanol–water partition coefficient (Wildman–Crippen LogP) is 2.83. The van der Waals surface area contributed by atoms with Crippen LogP contribution in [0.25, 0.3) is 10.9 Å². The van der Waals surface area contributed by atoms with Gasteiger partial charge in [-0.3, -0.25) is 9.89 Å². The molecule has 3 aromatic rings. The number of aromatic nitrogens is 3. The van der Waals surface area contributed by atoms with Crippen molar-refractivity contribution in [3.8, 4) is 0 Å². The van der Waals surface area contributed by atoms with E-state index in [1.165, 1.54) is 11.3 Å². The van der Waals surface area contributed by atoms with Gasteiger partial charge in [-0.05, 0) is 43.0 Å². The lowest BCUT2D eigenvalue weighted by molar-refractivity contribution is 0.0929. The summed E-state index contributed by atoms with van der Waals surface area (Å²) in [6, 6.07) is 7.55. The highest BCUT2D eigenvalue weighted by Gasteiger charge is 2.22. The van der Waals surface area contributed by atoms with E-state index in [1.54, 1.807) is 0 Å². The lowest BCUT2D eigenvalue weighted by atomic mass is 9.93. The van der Waals surface area contributed by atoms with Crippen molar-refractivity contribution in [2.75, 3.05) is 0 Å². The number of aryl methyl sites for hydroxylation is 1. The summed E-state index contributed by atoms with van der Waals surface area (Å²) in [6.45, 7) is 0. The van der Waals surface area contributed by atoms with E-state index in [9.17, 15) is 4.79 Å². The molecule has 0 spiro atoms. The van der Waals surface area contributed by atoms with Crippen molar-refractivity contribution in [2.45, 2.75) is 25.3 Å². The third-order valence-electron chi connectivity index (χ3n) is 4.18. The van der Waals surface area contributed by atoms with Gasteiger partial charge < -0.3 is 10.3 Å². The molecule has 0 bridgehead atoms. The van der Waals surface area contributed by atoms with E-state index < -0.39 is 0 Å². The molecule has 1 amide bonds. The summed E-state index contributed by atoms with van der Waals surface area (Å²) in [5.41, 5.74) is 3.82. The minimum atomic E-state index is -0.0794. The number of fused-ring (bicyclic) bond motifs is 2. The fourth-order valence-electron chi connectivity index (χ4n) is 3.02. The number of H-pyrrole nitrogens is 2. The lowest BCUT2D eigenvalue weighted by Crippen LogP contribution is -2.38. The van der Waals surface area contributed by atoms with E-state index in [4.69, 9.17) is 11.6 Å². The number of rotatable bonds is 2. The van der Waals surface area contributed by atoms with Crippen molar-refractivity contribution in [1.29, 1.82) is 0 Å². The topological polar surface area (TPSA) is 73.6 Å². The van der Waals surface area contributed by atoms with Crippen LogP contribution >= 0.6 is 11.6 Å². The van der Waals surface area contributed by atoms with Gasteiger partial charge in [-0.25, -0.2) is 0 Å². The van der Waals surface area contributed by atoms with Crippen LogP contribution < -0.4 is 5.32 Å². The molecule has 1 aliphatic carbocycles. The van der Waals surface area contributed by atoms with E-state index in [0.717, 1.165) is 30.2 Å². The van der Waals surface area contributed by atoms with Gasteiger partial charge in [0, 0.05) is 27.7 Å². The summed E-state index contributed by atoms with van der Waals surface area (Å²) in [5, 5.41) is 11.8. The van der Waals surface area contributed by atoms with Crippen LogP contribution in [-0.2, 0) is 12.8 Å². The van der Waals surface area contributed by atoms with Gasteiger partial charge in [-0.15, -0.1) is 0 Å². The number of hydrogen-bond acceptors (Lipinski definition) is 2. The zero-order valence-electron chi connectivity index (χ0n) is 11.8. The molecule has 2 aromatic heterocycles. The Morgan fingerprint density at radius 2 is 2.27 bits per heavy atom. The van der Waals surface area contributed by atoms with Crippen LogP contribution in [-0.4, -0.2) is 27.1 Å². The maximum absolute atomic E-state index is 12.4. The molecule has 1 unspecified atom stereocenters. The van der Waals surface area contributed by atoms with E-state index in [0.29, 0.717) is 10.7 Å². The smallest absolute Gasteiger partial charge is 0.267 e. The molecule has 3 N–H and O–H groups in total. The molecule has 1 aromatic carbocycles. The Kier molecular flexibility index (Phi) is 3.15. The molecule has 2 heterocycles. The number of carbonyl (C=O) groups excluding carboxylic acids is 1. The number of amides is 1. The Morgan fingerprint density at radius 1 is 1.36 bits per heavy atom. The highest BCUT2D eigenvalue weighted by atomic mass is 35.5. The van der Waals surface area contributed by atoms with E-state index in [2.05, 4.69) is 20.5 Å². The quantitative estimate of drug-likeness (QED) is 0.680. The molecule has 1 atom stereocenters. The highest BCUT2D eigenvalue weighted by Crippen LogP contribution is 2.21. The van der Waals surface area contributed by atoms with Crippen molar-refractivity contribution in [2.24, 2.45) is 0 Å². The Morgan fingerprint density at radius 3 is 3.18 bits per heavy atom. The van der Waals surface area contributed by atoms with Gasteiger partial charge in [0.05, 0.1) is 6.20 Å². The highest BCUT2D eigenvalue weighted by molar-refractivity contribution is 6.31. The number of hydrogen-bond donors (Lipinski definition) is 3. The molecule has 6 heteroatoms. The first-order chi connectivity index (χ1) is 10.7. The third-order valence-corrected chi connectivity index (χ3v) is 4.42. The van der Waals surface area contributed by atoms with Gasteiger partial charge in [0.15, 0.2) is 0 Å². The summed E-state index contributed by atoms with van der Waals surface area (Å²) in [7, 11) is 0. The molecule has 0 saturated carbocycles. The maximum Gasteiger partial charge on any atom is 0.267 e. The number of aromatic amines is 2. The SMILES string of the molecule is O=C(NC1CCc2[nH]ncc2C1)c1cc2ccc(Cl)cc2[nH]1. The summed E-state index contributed by atoms with van der Waals surface area (Å²) in [4.78, 5) is 15.5. The summed E-state index contributed by atoms with van der Waals surface area (Å²) in [6.07, 6.45) is 4.51. The van der Waals surface area contributed by atoms with Crippen LogP contribution in [0.15, 0.2) is 30.5 Å². The molecule has 112 valence electrons. The molecular weight excluding hydrogens is 300 g/mol. The van der Waals surface area contributed by atoms with Gasteiger partial charge in [0.25, 0.3) is 5.91 Å². The maximum atomic E-state index is 12.4. The minimum absolute atomic E-state index is 0.0794. The van der Waals surface area contributed by atoms with E-state index in [-0.39, 0.29) is 11.9 Å². The number of halogens is 1. The molecule has 1 aliphatic rings. The zero-order valence-corrected chi connectivity index (χ0v) is 12.6. The normalized spacial score (nSPS) is 17.4. The second kappa shape index (κ2) is 5.18. The molecule has 5 nitrogen and oxygen atoms in total. The fraction of sp³-hybridized carbons (Fsp3) is 0.250. The Bertz CT molecular complexity index is 851. The van der Waals surface area contributed by atoms with Crippen LogP contribution in [0.5, 0.6) is 0 Å². The first-order valence-corrected chi connectivity index (χ1v) is 7.67. The molecular formula is C16H15ClN4O. The second-order valence-corrected chi connectivity index (χ2v) is 6.14. The van der Waals surface area contributed by atoms with Gasteiger partial charge in [-0.1, -0.05) is 17.7 Å². The van der Waals surface area contributed by atoms with Crippen LogP contribution in [0.2, 0.25) is 5.02 Å². The van der Waals surface area contributed by atoms with Crippen LogP contribution in [0.4, 0.5) is 0 Å². The Balaban J connectivity index is 1.52. The Hall–Kier alpha value is -2.27. The van der Waals surface area contributed by atoms with Gasteiger partial charge in [0.2, 0.25) is 0 Å². The van der Waals surface area contributed by atoms with Crippen molar-refractivity contribution in [3.05, 3.63) is 52.4 Å². The van der Waals surface area contributed by atoms with Crippen LogP contribution in [0.3, 0.4) is 0 Å². The largest absolute Gasteiger partial charge is 0.350 e. The van der Waals surface area contributed by atoms with Crippen molar-refractivity contribution >= 4 is 28.4 Å². The van der Waals surface area contributed by atoms with Gasteiger partial charge >= 0.3 is 0 Å². The van der Waals surface area contributed by atoms with Gasteiger partial charge in [0.1, 0.15) is 5.69 Å². The molecule has 0 radical (unpaired) electrons. The van der Waals surface area contributed by atoms with Crippen LogP contribution in [0, 0.1) is 0 Å². The average molecular weight is 315 g/mol. The predicted molar refractivity (Wildman–Crippen MR) is 85.2 cm³/mol. The molecule has 0 aliphatic heterocycles. The number of carbonyl (C=O) groups is 1. The second-order valence-electron chi connectivity index (χ2n) is 5.70. The lowest BCUT2D eigenvalue weighted by Gasteiger charge is -2.22. The van der Waals surface area contributed by atoms with Gasteiger partial charge in [-0.2, -0.15) is 5.10 Å². The summed E-state index contributed by atoms with van der Waals surface area (Å²) < 4.78 is 0. The number of nitrogens with one attached hydrogen (secondary N) is 3. The standard InChI is InChI=1S/C16H15ClN4O/c17-11-2-1-9-6-15(20-14(9)7-11)16(22)19-12-3-4-13-10(5-12)8-18-21-13/h1-2,6-8,12,20H,3-5H2,(H,18,21)(H,19,22). The molecule has 22 heavy (non-hydrogen) atoms. The monoisotopic (exact) mass is 314 g/mol. The molecule has 0 fully saturated rings.